The average Bonchev–Trinajstić information content (AvgIpc) is 2.76. The molecule has 0 aliphatic heterocycles. The Kier molecular flexibility index (Phi) is 4.66. The first-order chi connectivity index (χ1) is 9.90. The van der Waals surface area contributed by atoms with E-state index in [1.165, 1.54) is 10.9 Å². The summed E-state index contributed by atoms with van der Waals surface area (Å²) in [5.41, 5.74) is 6.46. The Labute approximate surface area is 136 Å². The van der Waals surface area contributed by atoms with E-state index >= 15 is 0 Å². The molecule has 0 spiro atoms. The van der Waals surface area contributed by atoms with Crippen molar-refractivity contribution in [3.63, 3.8) is 0 Å². The van der Waals surface area contributed by atoms with Crippen LogP contribution in [0.2, 0.25) is 10.0 Å². The molecule has 0 aliphatic carbocycles. The Morgan fingerprint density at radius 1 is 1.33 bits per heavy atom. The van der Waals surface area contributed by atoms with Crippen molar-refractivity contribution in [1.82, 2.24) is 9.78 Å². The van der Waals surface area contributed by atoms with Crippen LogP contribution in [0.1, 0.15) is 10.5 Å². The number of nitrogens with zero attached hydrogens (tertiary/aromatic N) is 2. The molecular formula is C12H11Cl2N5OS. The maximum atomic E-state index is 11.4. The Balaban J connectivity index is 2.16. The molecule has 0 aliphatic rings. The summed E-state index contributed by atoms with van der Waals surface area (Å²) in [4.78, 5) is 11.4. The van der Waals surface area contributed by atoms with Gasteiger partial charge < -0.3 is 16.4 Å². The van der Waals surface area contributed by atoms with E-state index in [1.54, 1.807) is 25.2 Å². The zero-order valence-electron chi connectivity index (χ0n) is 10.9. The number of aromatic nitrogens is 2. The van der Waals surface area contributed by atoms with Gasteiger partial charge in [0.2, 0.25) is 0 Å². The summed E-state index contributed by atoms with van der Waals surface area (Å²) in [6.45, 7) is 0. The zero-order chi connectivity index (χ0) is 15.6. The predicted molar refractivity (Wildman–Crippen MR) is 88.0 cm³/mol. The van der Waals surface area contributed by atoms with Crippen LogP contribution >= 0.6 is 35.4 Å². The van der Waals surface area contributed by atoms with Gasteiger partial charge >= 0.3 is 0 Å². The highest BCUT2D eigenvalue weighted by Crippen LogP contribution is 2.29. The monoisotopic (exact) mass is 343 g/mol. The lowest BCUT2D eigenvalue weighted by Gasteiger charge is -2.12. The number of hydrogen-bond acceptors (Lipinski definition) is 3. The summed E-state index contributed by atoms with van der Waals surface area (Å²) < 4.78 is 1.36. The molecular weight excluding hydrogens is 333 g/mol. The molecule has 110 valence electrons. The molecule has 1 heterocycles. The minimum absolute atomic E-state index is 0.219. The van der Waals surface area contributed by atoms with E-state index in [-0.39, 0.29) is 10.8 Å². The van der Waals surface area contributed by atoms with E-state index in [1.807, 2.05) is 0 Å². The summed E-state index contributed by atoms with van der Waals surface area (Å²) in [6.07, 6.45) is 1.45. The smallest absolute Gasteiger partial charge is 0.269 e. The normalized spacial score (nSPS) is 10.2. The highest BCUT2D eigenvalue weighted by atomic mass is 35.5. The lowest BCUT2D eigenvalue weighted by molar-refractivity contribution is 0.0992. The van der Waals surface area contributed by atoms with Crippen molar-refractivity contribution in [2.45, 2.75) is 0 Å². The molecule has 0 saturated heterocycles. The fourth-order valence-electron chi connectivity index (χ4n) is 1.70. The molecule has 0 bridgehead atoms. The standard InChI is InChI=1S/C12H11Cl2N5OS/c1-19-10(11(15)20)8(5-16-19)18-12(21)17-7-4-2-3-6(13)9(7)14/h2-5H,1H3,(H2,15,20)(H2,17,18,21). The number of anilines is 2. The van der Waals surface area contributed by atoms with Crippen LogP contribution in [0.25, 0.3) is 0 Å². The second-order valence-electron chi connectivity index (χ2n) is 4.08. The lowest BCUT2D eigenvalue weighted by Crippen LogP contribution is -2.23. The molecule has 0 fully saturated rings. The summed E-state index contributed by atoms with van der Waals surface area (Å²) in [5, 5.41) is 10.7. The van der Waals surface area contributed by atoms with Crippen molar-refractivity contribution in [1.29, 1.82) is 0 Å². The van der Waals surface area contributed by atoms with Gasteiger partial charge in [0.1, 0.15) is 5.69 Å². The topological polar surface area (TPSA) is 85.0 Å². The van der Waals surface area contributed by atoms with Crippen molar-refractivity contribution in [3.05, 3.63) is 40.1 Å². The number of amides is 1. The van der Waals surface area contributed by atoms with Crippen LogP contribution in [0.5, 0.6) is 0 Å². The third-order valence-corrected chi connectivity index (χ3v) is 3.64. The number of nitrogens with two attached hydrogens (primary N) is 1. The van der Waals surface area contributed by atoms with E-state index in [9.17, 15) is 4.79 Å². The molecule has 21 heavy (non-hydrogen) atoms. The quantitative estimate of drug-likeness (QED) is 0.746. The van der Waals surface area contributed by atoms with Crippen LogP contribution in [0.4, 0.5) is 11.4 Å². The fourth-order valence-corrected chi connectivity index (χ4v) is 2.27. The van der Waals surface area contributed by atoms with Crippen molar-refractivity contribution < 1.29 is 4.79 Å². The van der Waals surface area contributed by atoms with E-state index in [4.69, 9.17) is 41.2 Å². The molecule has 9 heteroatoms. The third kappa shape index (κ3) is 3.44. The maximum absolute atomic E-state index is 11.4. The molecule has 4 N–H and O–H groups in total. The van der Waals surface area contributed by atoms with E-state index in [2.05, 4.69) is 15.7 Å². The number of primary amides is 1. The number of thiocarbonyl (C=S) groups is 1. The Hall–Kier alpha value is -1.83. The fraction of sp³-hybridized carbons (Fsp3) is 0.0833. The first kappa shape index (κ1) is 15.6. The number of benzene rings is 1. The van der Waals surface area contributed by atoms with Gasteiger partial charge in [-0.05, 0) is 24.4 Å². The molecule has 0 atom stereocenters. The lowest BCUT2D eigenvalue weighted by atomic mass is 10.3. The molecule has 1 amide bonds. The number of halogens is 2. The van der Waals surface area contributed by atoms with Gasteiger partial charge in [-0.1, -0.05) is 29.3 Å². The Morgan fingerprint density at radius 3 is 2.67 bits per heavy atom. The van der Waals surface area contributed by atoms with Crippen molar-refractivity contribution in [2.75, 3.05) is 10.6 Å². The van der Waals surface area contributed by atoms with Gasteiger partial charge in [0, 0.05) is 7.05 Å². The molecule has 2 rings (SSSR count). The van der Waals surface area contributed by atoms with Crippen LogP contribution in [-0.4, -0.2) is 20.8 Å². The molecule has 0 unspecified atom stereocenters. The van der Waals surface area contributed by atoms with Gasteiger partial charge in [0.05, 0.1) is 27.6 Å². The van der Waals surface area contributed by atoms with Crippen LogP contribution < -0.4 is 16.4 Å². The Bertz CT molecular complexity index is 716. The van der Waals surface area contributed by atoms with Gasteiger partial charge in [-0.25, -0.2) is 0 Å². The van der Waals surface area contributed by atoms with Crippen molar-refractivity contribution in [3.8, 4) is 0 Å². The van der Waals surface area contributed by atoms with Crippen LogP contribution in [-0.2, 0) is 7.05 Å². The van der Waals surface area contributed by atoms with E-state index in [0.717, 1.165) is 0 Å². The van der Waals surface area contributed by atoms with Crippen molar-refractivity contribution in [2.24, 2.45) is 12.8 Å². The highest BCUT2D eigenvalue weighted by Gasteiger charge is 2.15. The molecule has 0 saturated carbocycles. The van der Waals surface area contributed by atoms with Crippen molar-refractivity contribution >= 4 is 57.8 Å². The predicted octanol–water partition coefficient (Wildman–Crippen LogP) is 2.63. The molecule has 2 aromatic rings. The van der Waals surface area contributed by atoms with E-state index < -0.39 is 5.91 Å². The molecule has 6 nitrogen and oxygen atoms in total. The summed E-state index contributed by atoms with van der Waals surface area (Å²) in [6, 6.07) is 5.12. The average molecular weight is 344 g/mol. The van der Waals surface area contributed by atoms with Crippen LogP contribution in [0.3, 0.4) is 0 Å². The first-order valence-corrected chi connectivity index (χ1v) is 6.90. The highest BCUT2D eigenvalue weighted by molar-refractivity contribution is 7.80. The summed E-state index contributed by atoms with van der Waals surface area (Å²) in [5.74, 6) is -0.610. The minimum atomic E-state index is -0.610. The molecule has 1 aromatic heterocycles. The SMILES string of the molecule is Cn1ncc(NC(=S)Nc2cccc(Cl)c2Cl)c1C(N)=O. The zero-order valence-corrected chi connectivity index (χ0v) is 13.2. The number of aryl methyl sites for hydroxylation is 1. The third-order valence-electron chi connectivity index (χ3n) is 2.62. The molecule has 0 radical (unpaired) electrons. The number of carbonyl (C=O) groups excluding carboxylic acids is 1. The van der Waals surface area contributed by atoms with Gasteiger partial charge in [0.25, 0.3) is 5.91 Å². The minimum Gasteiger partial charge on any atom is -0.364 e. The second kappa shape index (κ2) is 6.30. The van der Waals surface area contributed by atoms with Gasteiger partial charge in [-0.15, -0.1) is 0 Å². The molecule has 1 aromatic carbocycles. The summed E-state index contributed by atoms with van der Waals surface area (Å²) in [7, 11) is 1.61. The van der Waals surface area contributed by atoms with Crippen LogP contribution in [0.15, 0.2) is 24.4 Å². The van der Waals surface area contributed by atoms with Gasteiger partial charge in [0.15, 0.2) is 5.11 Å². The second-order valence-corrected chi connectivity index (χ2v) is 5.27. The Morgan fingerprint density at radius 2 is 2.00 bits per heavy atom. The number of rotatable bonds is 3. The van der Waals surface area contributed by atoms with E-state index in [0.29, 0.717) is 21.4 Å². The number of nitrogens with one attached hydrogen (secondary N) is 2. The van der Waals surface area contributed by atoms with Crippen LogP contribution in [0, 0.1) is 0 Å². The largest absolute Gasteiger partial charge is 0.364 e. The maximum Gasteiger partial charge on any atom is 0.269 e. The number of carbonyl (C=O) groups is 1. The number of hydrogen-bond donors (Lipinski definition) is 3. The van der Waals surface area contributed by atoms with Gasteiger partial charge in [-0.3, -0.25) is 9.48 Å². The first-order valence-electron chi connectivity index (χ1n) is 5.74. The summed E-state index contributed by atoms with van der Waals surface area (Å²) >= 11 is 17.1. The van der Waals surface area contributed by atoms with Gasteiger partial charge in [-0.2, -0.15) is 5.10 Å².